The smallest absolute Gasteiger partial charge is 0.0759 e. The zero-order chi connectivity index (χ0) is 10.8. The largest absolute Gasteiger partial charge is 0.347 e. The Hall–Kier alpha value is -1.32. The van der Waals surface area contributed by atoms with Crippen LogP contribution in [0, 0.1) is 0 Å². The molecule has 0 bridgehead atoms. The second-order valence-electron chi connectivity index (χ2n) is 3.92. The summed E-state index contributed by atoms with van der Waals surface area (Å²) in [5.74, 6) is 5.41. The maximum atomic E-state index is 5.10. The Morgan fingerprint density at radius 1 is 1.40 bits per heavy atom. The van der Waals surface area contributed by atoms with Crippen molar-refractivity contribution in [3.05, 3.63) is 36.0 Å². The van der Waals surface area contributed by atoms with Gasteiger partial charge in [-0.1, -0.05) is 25.1 Å². The Kier molecular flexibility index (Phi) is 2.75. The topological polar surface area (TPSA) is 40.2 Å². The first-order valence-corrected chi connectivity index (χ1v) is 5.10. The normalized spacial score (nSPS) is 13.3. The van der Waals surface area contributed by atoms with Crippen molar-refractivity contribution in [3.63, 3.8) is 0 Å². The van der Waals surface area contributed by atoms with Gasteiger partial charge in [-0.2, -0.15) is 0 Å². The van der Waals surface area contributed by atoms with Gasteiger partial charge in [-0.15, -0.1) is 0 Å². The Bertz CT molecular complexity index is 462. The average molecular weight is 204 g/mol. The molecule has 3 nitrogen and oxygen atoms in total. The van der Waals surface area contributed by atoms with Gasteiger partial charge in [-0.3, -0.25) is 0 Å². The second-order valence-corrected chi connectivity index (χ2v) is 3.92. The minimum Gasteiger partial charge on any atom is -0.347 e. The summed E-state index contributed by atoms with van der Waals surface area (Å²) in [6.07, 6.45) is 0. The van der Waals surface area contributed by atoms with Crippen molar-refractivity contribution in [1.82, 2.24) is 4.57 Å². The number of nitrogens with zero attached hydrogens (tertiary/aromatic N) is 1. The van der Waals surface area contributed by atoms with Gasteiger partial charge in [0, 0.05) is 24.2 Å². The highest BCUT2D eigenvalue weighted by molar-refractivity contribution is 5.81. The number of rotatable bonds is 3. The number of hydrogen-bond acceptors (Lipinski definition) is 2. The van der Waals surface area contributed by atoms with E-state index >= 15 is 0 Å². The molecule has 2 N–H and O–H groups in total. The maximum Gasteiger partial charge on any atom is 0.0759 e. The summed E-state index contributed by atoms with van der Waals surface area (Å²) in [5, 5.41) is 1.26. The van der Waals surface area contributed by atoms with Crippen LogP contribution in [0.25, 0.3) is 10.9 Å². The van der Waals surface area contributed by atoms with Gasteiger partial charge >= 0.3 is 0 Å². The van der Waals surface area contributed by atoms with Gasteiger partial charge in [-0.25, -0.2) is 5.90 Å². The third-order valence-corrected chi connectivity index (χ3v) is 2.84. The standard InChI is InChI=1S/C12H16N2O/c1-9(8-15-13)12-7-10-5-3-4-6-11(10)14(12)2/h3-7,9H,8,13H2,1-2H3. The predicted molar refractivity (Wildman–Crippen MR) is 61.5 cm³/mol. The number of aromatic nitrogens is 1. The van der Waals surface area contributed by atoms with Crippen LogP contribution < -0.4 is 5.90 Å². The van der Waals surface area contributed by atoms with Gasteiger partial charge < -0.3 is 9.40 Å². The minimum absolute atomic E-state index is 0.312. The van der Waals surface area contributed by atoms with Crippen molar-refractivity contribution in [1.29, 1.82) is 0 Å². The third kappa shape index (κ3) is 1.76. The summed E-state index contributed by atoms with van der Waals surface area (Å²) >= 11 is 0. The van der Waals surface area contributed by atoms with Gasteiger partial charge in [-0.05, 0) is 17.5 Å². The fourth-order valence-electron chi connectivity index (χ4n) is 2.01. The van der Waals surface area contributed by atoms with Crippen LogP contribution in [0.4, 0.5) is 0 Å². The Labute approximate surface area is 89.4 Å². The molecular formula is C12H16N2O. The summed E-state index contributed by atoms with van der Waals surface area (Å²) in [6, 6.07) is 10.5. The lowest BCUT2D eigenvalue weighted by Crippen LogP contribution is -2.11. The molecule has 1 unspecified atom stereocenters. The Balaban J connectivity index is 2.48. The minimum atomic E-state index is 0.312. The summed E-state index contributed by atoms with van der Waals surface area (Å²) in [7, 11) is 2.07. The Morgan fingerprint density at radius 2 is 2.13 bits per heavy atom. The van der Waals surface area contributed by atoms with Gasteiger partial charge in [0.15, 0.2) is 0 Å². The van der Waals surface area contributed by atoms with Gasteiger partial charge in [0.05, 0.1) is 6.61 Å². The molecule has 0 radical (unpaired) electrons. The van der Waals surface area contributed by atoms with E-state index in [4.69, 9.17) is 10.7 Å². The lowest BCUT2D eigenvalue weighted by atomic mass is 10.1. The van der Waals surface area contributed by atoms with E-state index in [1.165, 1.54) is 16.6 Å². The van der Waals surface area contributed by atoms with Crippen molar-refractivity contribution >= 4 is 10.9 Å². The summed E-state index contributed by atoms with van der Waals surface area (Å²) < 4.78 is 2.19. The quantitative estimate of drug-likeness (QED) is 0.778. The van der Waals surface area contributed by atoms with Gasteiger partial charge in [0.2, 0.25) is 0 Å². The summed E-state index contributed by atoms with van der Waals surface area (Å²) in [6.45, 7) is 2.66. The first-order valence-electron chi connectivity index (χ1n) is 5.10. The highest BCUT2D eigenvalue weighted by Gasteiger charge is 2.11. The first-order chi connectivity index (χ1) is 7.24. The molecule has 1 aromatic carbocycles. The van der Waals surface area contributed by atoms with E-state index in [0.29, 0.717) is 12.5 Å². The molecule has 0 aliphatic carbocycles. The fraction of sp³-hybridized carbons (Fsp3) is 0.333. The Morgan fingerprint density at radius 3 is 2.80 bits per heavy atom. The van der Waals surface area contributed by atoms with E-state index in [-0.39, 0.29) is 0 Å². The van der Waals surface area contributed by atoms with Crippen LogP contribution in [0.1, 0.15) is 18.5 Å². The van der Waals surface area contributed by atoms with Crippen molar-refractivity contribution in [2.45, 2.75) is 12.8 Å². The molecule has 0 aliphatic heterocycles. The number of fused-ring (bicyclic) bond motifs is 1. The van der Waals surface area contributed by atoms with Crippen LogP contribution in [-0.4, -0.2) is 11.2 Å². The lowest BCUT2D eigenvalue weighted by Gasteiger charge is -2.11. The monoisotopic (exact) mass is 204 g/mol. The van der Waals surface area contributed by atoms with Gasteiger partial charge in [0.25, 0.3) is 0 Å². The number of nitrogens with two attached hydrogens (primary N) is 1. The van der Waals surface area contributed by atoms with Crippen molar-refractivity contribution in [2.24, 2.45) is 12.9 Å². The molecule has 0 fully saturated rings. The highest BCUT2D eigenvalue weighted by atomic mass is 16.6. The first kappa shape index (κ1) is 10.2. The van der Waals surface area contributed by atoms with Crippen LogP contribution in [0.3, 0.4) is 0 Å². The molecule has 1 aromatic heterocycles. The maximum absolute atomic E-state index is 5.10. The van der Waals surface area contributed by atoms with Crippen LogP contribution in [0.5, 0.6) is 0 Å². The fourth-order valence-corrected chi connectivity index (χ4v) is 2.01. The molecule has 3 heteroatoms. The zero-order valence-electron chi connectivity index (χ0n) is 9.10. The van der Waals surface area contributed by atoms with E-state index in [2.05, 4.69) is 48.9 Å². The van der Waals surface area contributed by atoms with Crippen LogP contribution in [0.2, 0.25) is 0 Å². The van der Waals surface area contributed by atoms with Crippen molar-refractivity contribution in [2.75, 3.05) is 6.61 Å². The number of hydrogen-bond donors (Lipinski definition) is 1. The second kappa shape index (κ2) is 4.04. The van der Waals surface area contributed by atoms with Crippen molar-refractivity contribution in [3.8, 4) is 0 Å². The molecule has 0 spiro atoms. The molecule has 80 valence electrons. The van der Waals surface area contributed by atoms with E-state index in [1.807, 2.05) is 0 Å². The molecule has 0 saturated carbocycles. The van der Waals surface area contributed by atoms with E-state index in [1.54, 1.807) is 0 Å². The van der Waals surface area contributed by atoms with E-state index in [0.717, 1.165) is 0 Å². The van der Waals surface area contributed by atoms with Crippen LogP contribution >= 0.6 is 0 Å². The number of benzene rings is 1. The SMILES string of the molecule is CC(CON)c1cc2ccccc2n1C. The molecule has 1 heterocycles. The van der Waals surface area contributed by atoms with Crippen LogP contribution in [-0.2, 0) is 11.9 Å². The predicted octanol–water partition coefficient (Wildman–Crippen LogP) is 2.17. The molecular weight excluding hydrogens is 188 g/mol. The molecule has 15 heavy (non-hydrogen) atoms. The summed E-state index contributed by atoms with van der Waals surface area (Å²) in [5.41, 5.74) is 2.50. The van der Waals surface area contributed by atoms with E-state index in [9.17, 15) is 0 Å². The zero-order valence-corrected chi connectivity index (χ0v) is 9.10. The molecule has 0 amide bonds. The third-order valence-electron chi connectivity index (χ3n) is 2.84. The number of para-hydroxylation sites is 1. The average Bonchev–Trinajstić information content (AvgIpc) is 2.57. The molecule has 0 aliphatic rings. The van der Waals surface area contributed by atoms with E-state index < -0.39 is 0 Å². The summed E-state index contributed by atoms with van der Waals surface area (Å²) in [4.78, 5) is 4.70. The molecule has 1 atom stereocenters. The lowest BCUT2D eigenvalue weighted by molar-refractivity contribution is 0.125. The van der Waals surface area contributed by atoms with Crippen molar-refractivity contribution < 1.29 is 4.84 Å². The molecule has 2 aromatic rings. The molecule has 0 saturated heterocycles. The van der Waals surface area contributed by atoms with Gasteiger partial charge in [0.1, 0.15) is 0 Å². The number of aryl methyl sites for hydroxylation is 1. The molecule has 2 rings (SSSR count). The highest BCUT2D eigenvalue weighted by Crippen LogP contribution is 2.24. The van der Waals surface area contributed by atoms with Crippen LogP contribution in [0.15, 0.2) is 30.3 Å².